The number of nitrogens with zero attached hydrogens (tertiary/aromatic N) is 5. The van der Waals surface area contributed by atoms with Gasteiger partial charge in [0.05, 0.1) is 33.0 Å². The number of anilines is 1. The number of amides is 1. The van der Waals surface area contributed by atoms with Gasteiger partial charge in [0.1, 0.15) is 5.82 Å². The van der Waals surface area contributed by atoms with Crippen molar-refractivity contribution in [3.63, 3.8) is 0 Å². The molecule has 1 aromatic carbocycles. The van der Waals surface area contributed by atoms with E-state index in [1.54, 1.807) is 0 Å². The first-order valence-corrected chi connectivity index (χ1v) is 12.1. The highest BCUT2D eigenvalue weighted by atomic mass is 32.1. The highest BCUT2D eigenvalue weighted by molar-refractivity contribution is 7.17. The summed E-state index contributed by atoms with van der Waals surface area (Å²) in [6, 6.07) is 6.14. The summed E-state index contributed by atoms with van der Waals surface area (Å²) >= 11 is 0.653. The predicted octanol–water partition coefficient (Wildman–Crippen LogP) is 6.48. The molecule has 1 aliphatic carbocycles. The molecule has 1 aliphatic rings. The van der Waals surface area contributed by atoms with Crippen LogP contribution in [0.25, 0.3) is 22.4 Å². The van der Waals surface area contributed by atoms with E-state index in [-0.39, 0.29) is 63.8 Å². The average Bonchev–Trinajstić information content (AvgIpc) is 3.52. The summed E-state index contributed by atoms with van der Waals surface area (Å²) in [4.78, 5) is 32.0. The Bertz CT molecular complexity index is 1520. The number of hydrogen-bond donors (Lipinski definition) is 1. The SMILES string of the molecule is O=C(Nc1nc(-c2ccc(C(F)(F)F)cc2)nc2c1cnn2C1CCC(F)(F)CC1)c1ccc([N+](=O)[O-])s1. The third-order valence-electron chi connectivity index (χ3n) is 6.18. The number of nitrogens with one attached hydrogen (secondary N) is 1. The maximum Gasteiger partial charge on any atom is 0.416 e. The number of benzene rings is 1. The third-order valence-corrected chi connectivity index (χ3v) is 7.22. The number of fused-ring (bicyclic) bond motifs is 1. The standard InChI is InChI=1S/C23H17F5N6O3S/c24-22(25)9-7-14(8-10-22)33-20-15(11-29-33)19(32-21(35)16-5-6-17(38-16)34(36)37)30-18(31-20)12-1-3-13(4-2-12)23(26,27)28/h1-6,11,14H,7-10H2,(H,30,31,32,35). The van der Waals surface area contributed by atoms with Gasteiger partial charge in [0.25, 0.3) is 5.91 Å². The molecule has 0 saturated heterocycles. The van der Waals surface area contributed by atoms with Gasteiger partial charge >= 0.3 is 11.2 Å². The molecule has 3 aromatic heterocycles. The van der Waals surface area contributed by atoms with E-state index < -0.39 is 34.5 Å². The molecule has 1 saturated carbocycles. The second-order valence-corrected chi connectivity index (χ2v) is 9.80. The van der Waals surface area contributed by atoms with Crippen molar-refractivity contribution in [1.29, 1.82) is 0 Å². The maximum atomic E-state index is 13.7. The number of aromatic nitrogens is 4. The Kier molecular flexibility index (Phi) is 6.33. The van der Waals surface area contributed by atoms with E-state index in [0.717, 1.165) is 12.1 Å². The Labute approximate surface area is 214 Å². The fourth-order valence-corrected chi connectivity index (χ4v) is 4.93. The van der Waals surface area contributed by atoms with Crippen molar-refractivity contribution < 1.29 is 31.7 Å². The molecule has 0 atom stereocenters. The van der Waals surface area contributed by atoms with E-state index in [1.165, 1.54) is 35.1 Å². The lowest BCUT2D eigenvalue weighted by atomic mass is 9.92. The highest BCUT2D eigenvalue weighted by Gasteiger charge is 2.36. The molecule has 9 nitrogen and oxygen atoms in total. The number of nitro groups is 1. The molecule has 1 N–H and O–H groups in total. The van der Waals surface area contributed by atoms with Crippen LogP contribution in [0.5, 0.6) is 0 Å². The van der Waals surface area contributed by atoms with Gasteiger partial charge in [0.2, 0.25) is 5.92 Å². The molecule has 198 valence electrons. The number of alkyl halides is 5. The molecule has 0 spiro atoms. The molecule has 1 fully saturated rings. The summed E-state index contributed by atoms with van der Waals surface area (Å²) in [5.74, 6) is -3.53. The van der Waals surface area contributed by atoms with Crippen LogP contribution in [0.4, 0.5) is 32.8 Å². The number of thiophene rings is 1. The molecule has 0 unspecified atom stereocenters. The number of carbonyl (C=O) groups excluding carboxylic acids is 1. The van der Waals surface area contributed by atoms with Crippen molar-refractivity contribution in [2.45, 2.75) is 43.8 Å². The van der Waals surface area contributed by atoms with Crippen molar-refractivity contribution in [2.24, 2.45) is 0 Å². The van der Waals surface area contributed by atoms with Gasteiger partial charge in [-0.3, -0.25) is 14.9 Å². The maximum absolute atomic E-state index is 13.7. The lowest BCUT2D eigenvalue weighted by Gasteiger charge is -2.28. The Hall–Kier alpha value is -4.01. The Morgan fingerprint density at radius 1 is 1.11 bits per heavy atom. The van der Waals surface area contributed by atoms with E-state index in [0.29, 0.717) is 11.3 Å². The first kappa shape index (κ1) is 25.6. The molecule has 0 bridgehead atoms. The molecule has 3 heterocycles. The van der Waals surface area contributed by atoms with Crippen LogP contribution in [0, 0.1) is 10.1 Å². The van der Waals surface area contributed by atoms with Gasteiger partial charge in [-0.1, -0.05) is 23.5 Å². The van der Waals surface area contributed by atoms with Crippen LogP contribution in [-0.4, -0.2) is 36.5 Å². The topological polar surface area (TPSA) is 116 Å². The number of halogens is 5. The second-order valence-electron chi connectivity index (χ2n) is 8.73. The van der Waals surface area contributed by atoms with Crippen molar-refractivity contribution in [3.05, 3.63) is 63.1 Å². The van der Waals surface area contributed by atoms with E-state index in [4.69, 9.17) is 0 Å². The highest BCUT2D eigenvalue weighted by Crippen LogP contribution is 2.40. The van der Waals surface area contributed by atoms with Crippen LogP contribution in [0.1, 0.15) is 47.0 Å². The van der Waals surface area contributed by atoms with Gasteiger partial charge in [0.15, 0.2) is 11.5 Å². The molecular weight excluding hydrogens is 535 g/mol. The molecule has 1 amide bonds. The zero-order valence-corrected chi connectivity index (χ0v) is 20.0. The molecule has 0 radical (unpaired) electrons. The van der Waals surface area contributed by atoms with Gasteiger partial charge in [0, 0.05) is 24.5 Å². The number of hydrogen-bond acceptors (Lipinski definition) is 7. The summed E-state index contributed by atoms with van der Waals surface area (Å²) in [5, 5.41) is 17.9. The first-order chi connectivity index (χ1) is 17.9. The van der Waals surface area contributed by atoms with Gasteiger partial charge in [-0.05, 0) is 31.0 Å². The van der Waals surface area contributed by atoms with E-state index in [1.807, 2.05) is 0 Å². The predicted molar refractivity (Wildman–Crippen MR) is 127 cm³/mol. The van der Waals surface area contributed by atoms with Gasteiger partial charge in [-0.25, -0.2) is 23.4 Å². The number of rotatable bonds is 5. The minimum Gasteiger partial charge on any atom is -0.305 e. The summed E-state index contributed by atoms with van der Waals surface area (Å²) < 4.78 is 68.0. The average molecular weight is 552 g/mol. The van der Waals surface area contributed by atoms with Crippen LogP contribution in [-0.2, 0) is 6.18 Å². The third kappa shape index (κ3) is 5.05. The van der Waals surface area contributed by atoms with Gasteiger partial charge in [-0.15, -0.1) is 0 Å². The van der Waals surface area contributed by atoms with E-state index in [9.17, 15) is 36.9 Å². The van der Waals surface area contributed by atoms with Crippen molar-refractivity contribution in [2.75, 3.05) is 5.32 Å². The van der Waals surface area contributed by atoms with Crippen molar-refractivity contribution in [3.8, 4) is 11.4 Å². The van der Waals surface area contributed by atoms with Crippen LogP contribution in [0.3, 0.4) is 0 Å². The quantitative estimate of drug-likeness (QED) is 0.172. The summed E-state index contributed by atoms with van der Waals surface area (Å²) in [5.41, 5.74) is -0.453. The van der Waals surface area contributed by atoms with Crippen molar-refractivity contribution in [1.82, 2.24) is 19.7 Å². The second kappa shape index (κ2) is 9.38. The minimum atomic E-state index is -4.55. The molecular formula is C23H17F5N6O3S. The molecule has 0 aliphatic heterocycles. The van der Waals surface area contributed by atoms with Gasteiger partial charge in [-0.2, -0.15) is 18.3 Å². The minimum absolute atomic E-state index is 0.0263. The molecule has 4 aromatic rings. The van der Waals surface area contributed by atoms with E-state index >= 15 is 0 Å². The van der Waals surface area contributed by atoms with Gasteiger partial charge < -0.3 is 5.32 Å². The molecule has 38 heavy (non-hydrogen) atoms. The fourth-order valence-electron chi connectivity index (χ4n) is 4.21. The lowest BCUT2D eigenvalue weighted by molar-refractivity contribution is -0.380. The normalized spacial score (nSPS) is 16.0. The van der Waals surface area contributed by atoms with Crippen LogP contribution >= 0.6 is 11.3 Å². The van der Waals surface area contributed by atoms with Crippen LogP contribution in [0.15, 0.2) is 42.6 Å². The van der Waals surface area contributed by atoms with Crippen LogP contribution < -0.4 is 5.32 Å². The van der Waals surface area contributed by atoms with E-state index in [2.05, 4.69) is 20.4 Å². The summed E-state index contributed by atoms with van der Waals surface area (Å²) in [7, 11) is 0. The lowest BCUT2D eigenvalue weighted by Crippen LogP contribution is -2.27. The summed E-state index contributed by atoms with van der Waals surface area (Å²) in [6.07, 6.45) is -3.60. The largest absolute Gasteiger partial charge is 0.416 e. The molecule has 15 heteroatoms. The smallest absolute Gasteiger partial charge is 0.305 e. The number of carbonyl (C=O) groups is 1. The first-order valence-electron chi connectivity index (χ1n) is 11.3. The fraction of sp³-hybridized carbons (Fsp3) is 0.304. The zero-order chi connectivity index (χ0) is 27.2. The Morgan fingerprint density at radius 2 is 1.79 bits per heavy atom. The summed E-state index contributed by atoms with van der Waals surface area (Å²) in [6.45, 7) is 0. The molecule has 5 rings (SSSR count). The monoisotopic (exact) mass is 552 g/mol. The van der Waals surface area contributed by atoms with Crippen LogP contribution in [0.2, 0.25) is 0 Å². The Balaban J connectivity index is 1.56. The van der Waals surface area contributed by atoms with Crippen molar-refractivity contribution >= 4 is 39.1 Å². The zero-order valence-electron chi connectivity index (χ0n) is 19.2. The Morgan fingerprint density at radius 3 is 2.39 bits per heavy atom.